The van der Waals surface area contributed by atoms with Crippen LogP contribution in [0.15, 0.2) is 24.3 Å². The fourth-order valence-corrected chi connectivity index (χ4v) is 3.17. The van der Waals surface area contributed by atoms with Crippen LogP contribution in [-0.2, 0) is 11.3 Å². The highest BCUT2D eigenvalue weighted by atomic mass is 16.5. The second kappa shape index (κ2) is 6.58. The average Bonchev–Trinajstić information content (AvgIpc) is 2.82. The number of aliphatic hydroxyl groups excluding tert-OH is 1. The van der Waals surface area contributed by atoms with Gasteiger partial charge in [-0.2, -0.15) is 0 Å². The van der Waals surface area contributed by atoms with E-state index in [4.69, 9.17) is 4.74 Å². The zero-order chi connectivity index (χ0) is 14.7. The molecule has 1 aromatic carbocycles. The molecule has 114 valence electrons. The molecule has 1 aromatic heterocycles. The Morgan fingerprint density at radius 3 is 2.86 bits per heavy atom. The van der Waals surface area contributed by atoms with E-state index >= 15 is 0 Å². The molecule has 2 aromatic rings. The molecular weight excluding hydrogens is 264 g/mol. The second-order valence-corrected chi connectivity index (χ2v) is 6.01. The summed E-state index contributed by atoms with van der Waals surface area (Å²) in [6, 6.07) is 8.04. The minimum atomic E-state index is -0.483. The molecule has 1 heterocycles. The van der Waals surface area contributed by atoms with Crippen LogP contribution in [0.1, 0.15) is 37.9 Å². The molecule has 0 bridgehead atoms. The largest absolute Gasteiger partial charge is 0.389 e. The van der Waals surface area contributed by atoms with Crippen LogP contribution in [0.2, 0.25) is 0 Å². The third kappa shape index (κ3) is 3.44. The Kier molecular flexibility index (Phi) is 4.56. The molecule has 0 aliphatic heterocycles. The lowest BCUT2D eigenvalue weighted by atomic mass is 9.98. The SMILES string of the molecule is Cc1nc2ccccc2n1C[C@@H](O)COC1CCCCC1. The van der Waals surface area contributed by atoms with Gasteiger partial charge in [0.25, 0.3) is 0 Å². The van der Waals surface area contributed by atoms with E-state index in [1.54, 1.807) is 0 Å². The summed E-state index contributed by atoms with van der Waals surface area (Å²) in [5.74, 6) is 0.938. The summed E-state index contributed by atoms with van der Waals surface area (Å²) in [7, 11) is 0. The third-order valence-electron chi connectivity index (χ3n) is 4.32. The smallest absolute Gasteiger partial charge is 0.106 e. The fraction of sp³-hybridized carbons (Fsp3) is 0.588. The number of hydrogen-bond acceptors (Lipinski definition) is 3. The Morgan fingerprint density at radius 2 is 2.05 bits per heavy atom. The highest BCUT2D eigenvalue weighted by molar-refractivity contribution is 5.75. The van der Waals surface area contributed by atoms with Crippen molar-refractivity contribution in [3.05, 3.63) is 30.1 Å². The Balaban J connectivity index is 1.60. The molecule has 0 radical (unpaired) electrons. The monoisotopic (exact) mass is 288 g/mol. The van der Waals surface area contributed by atoms with E-state index in [9.17, 15) is 5.11 Å². The lowest BCUT2D eigenvalue weighted by Crippen LogP contribution is -2.27. The molecule has 1 saturated carbocycles. The predicted octanol–water partition coefficient (Wildman–Crippen LogP) is 3.05. The molecule has 0 spiro atoms. The van der Waals surface area contributed by atoms with Gasteiger partial charge in [-0.1, -0.05) is 31.4 Å². The molecule has 1 fully saturated rings. The first-order valence-electron chi connectivity index (χ1n) is 7.95. The van der Waals surface area contributed by atoms with Crippen molar-refractivity contribution in [2.24, 2.45) is 0 Å². The van der Waals surface area contributed by atoms with Gasteiger partial charge in [-0.25, -0.2) is 4.98 Å². The van der Waals surface area contributed by atoms with Crippen molar-refractivity contribution in [1.82, 2.24) is 9.55 Å². The maximum atomic E-state index is 10.3. The molecule has 1 aliphatic rings. The van der Waals surface area contributed by atoms with Gasteiger partial charge in [0.15, 0.2) is 0 Å². The first kappa shape index (κ1) is 14.5. The van der Waals surface area contributed by atoms with Crippen molar-refractivity contribution < 1.29 is 9.84 Å². The fourth-order valence-electron chi connectivity index (χ4n) is 3.17. The molecule has 1 atom stereocenters. The molecule has 3 rings (SSSR count). The van der Waals surface area contributed by atoms with Crippen LogP contribution in [-0.4, -0.2) is 33.5 Å². The average molecular weight is 288 g/mol. The molecule has 4 nitrogen and oxygen atoms in total. The van der Waals surface area contributed by atoms with Gasteiger partial charge in [0.2, 0.25) is 0 Å². The van der Waals surface area contributed by atoms with Crippen LogP contribution >= 0.6 is 0 Å². The summed E-state index contributed by atoms with van der Waals surface area (Å²) in [6.07, 6.45) is 5.97. The molecule has 1 N–H and O–H groups in total. The van der Waals surface area contributed by atoms with Gasteiger partial charge in [-0.15, -0.1) is 0 Å². The van der Waals surface area contributed by atoms with Gasteiger partial charge in [-0.3, -0.25) is 0 Å². The molecule has 0 amide bonds. The molecule has 4 heteroatoms. The van der Waals surface area contributed by atoms with Crippen LogP contribution in [0, 0.1) is 6.92 Å². The third-order valence-corrected chi connectivity index (χ3v) is 4.32. The van der Waals surface area contributed by atoms with Crippen LogP contribution in [0.3, 0.4) is 0 Å². The first-order chi connectivity index (χ1) is 10.2. The Hall–Kier alpha value is -1.39. The van der Waals surface area contributed by atoms with Gasteiger partial charge in [0.05, 0.1) is 36.4 Å². The van der Waals surface area contributed by atoms with Gasteiger partial charge in [0, 0.05) is 0 Å². The number of nitrogens with zero attached hydrogens (tertiary/aromatic N) is 2. The van der Waals surface area contributed by atoms with E-state index in [1.165, 1.54) is 19.3 Å². The number of rotatable bonds is 5. The van der Waals surface area contributed by atoms with Crippen molar-refractivity contribution >= 4 is 11.0 Å². The summed E-state index contributed by atoms with van der Waals surface area (Å²) in [6.45, 7) is 2.93. The maximum Gasteiger partial charge on any atom is 0.106 e. The van der Waals surface area contributed by atoms with E-state index in [1.807, 2.05) is 31.2 Å². The Morgan fingerprint density at radius 1 is 1.29 bits per heavy atom. The van der Waals surface area contributed by atoms with Gasteiger partial charge >= 0.3 is 0 Å². The zero-order valence-electron chi connectivity index (χ0n) is 12.7. The Bertz CT molecular complexity index is 587. The number of benzene rings is 1. The van der Waals surface area contributed by atoms with Crippen LogP contribution in [0.5, 0.6) is 0 Å². The lowest BCUT2D eigenvalue weighted by molar-refractivity contribution is -0.0281. The van der Waals surface area contributed by atoms with Crippen molar-refractivity contribution in [1.29, 1.82) is 0 Å². The van der Waals surface area contributed by atoms with Crippen molar-refractivity contribution in [2.45, 2.75) is 57.8 Å². The summed E-state index contributed by atoms with van der Waals surface area (Å²) < 4.78 is 7.94. The zero-order valence-corrected chi connectivity index (χ0v) is 12.7. The Labute approximate surface area is 125 Å². The lowest BCUT2D eigenvalue weighted by Gasteiger charge is -2.23. The molecule has 0 unspecified atom stereocenters. The molecular formula is C17H24N2O2. The number of aryl methyl sites for hydroxylation is 1. The van der Waals surface area contributed by atoms with Crippen molar-refractivity contribution in [2.75, 3.05) is 6.61 Å². The number of para-hydroxylation sites is 2. The van der Waals surface area contributed by atoms with Gasteiger partial charge in [-0.05, 0) is 31.9 Å². The normalized spacial score (nSPS) is 18.2. The van der Waals surface area contributed by atoms with Crippen LogP contribution < -0.4 is 0 Å². The van der Waals surface area contributed by atoms with Gasteiger partial charge < -0.3 is 14.4 Å². The minimum absolute atomic E-state index is 0.342. The topological polar surface area (TPSA) is 47.3 Å². The van der Waals surface area contributed by atoms with E-state index in [-0.39, 0.29) is 0 Å². The van der Waals surface area contributed by atoms with Crippen LogP contribution in [0.25, 0.3) is 11.0 Å². The summed E-state index contributed by atoms with van der Waals surface area (Å²) in [5, 5.41) is 10.3. The van der Waals surface area contributed by atoms with E-state index in [0.29, 0.717) is 19.3 Å². The molecule has 21 heavy (non-hydrogen) atoms. The standard InChI is InChI=1S/C17H24N2O2/c1-13-18-16-9-5-6-10-17(16)19(13)11-14(20)12-21-15-7-3-2-4-8-15/h5-6,9-10,14-15,20H,2-4,7-8,11-12H2,1H3/t14-/m1/s1. The highest BCUT2D eigenvalue weighted by Gasteiger charge is 2.17. The molecule has 1 aliphatic carbocycles. The van der Waals surface area contributed by atoms with E-state index in [2.05, 4.69) is 9.55 Å². The second-order valence-electron chi connectivity index (χ2n) is 6.01. The van der Waals surface area contributed by atoms with E-state index < -0.39 is 6.10 Å². The first-order valence-corrected chi connectivity index (χ1v) is 7.95. The molecule has 0 saturated heterocycles. The predicted molar refractivity (Wildman–Crippen MR) is 83.3 cm³/mol. The number of ether oxygens (including phenoxy) is 1. The minimum Gasteiger partial charge on any atom is -0.389 e. The number of fused-ring (bicyclic) bond motifs is 1. The van der Waals surface area contributed by atoms with E-state index in [0.717, 1.165) is 29.7 Å². The number of aromatic nitrogens is 2. The summed E-state index contributed by atoms with van der Waals surface area (Å²) in [5.41, 5.74) is 2.06. The number of hydrogen-bond donors (Lipinski definition) is 1. The highest BCUT2D eigenvalue weighted by Crippen LogP contribution is 2.21. The van der Waals surface area contributed by atoms with Crippen molar-refractivity contribution in [3.8, 4) is 0 Å². The quantitative estimate of drug-likeness (QED) is 0.920. The summed E-state index contributed by atoms with van der Waals surface area (Å²) in [4.78, 5) is 4.53. The maximum absolute atomic E-state index is 10.3. The number of aliphatic hydroxyl groups is 1. The van der Waals surface area contributed by atoms with Crippen LogP contribution in [0.4, 0.5) is 0 Å². The summed E-state index contributed by atoms with van der Waals surface area (Å²) >= 11 is 0. The van der Waals surface area contributed by atoms with Crippen molar-refractivity contribution in [3.63, 3.8) is 0 Å². The number of imidazole rings is 1. The van der Waals surface area contributed by atoms with Gasteiger partial charge in [0.1, 0.15) is 5.82 Å².